The third-order valence-corrected chi connectivity index (χ3v) is 7.54. The average molecular weight is 598 g/mol. The fourth-order valence-corrected chi connectivity index (χ4v) is 4.87. The van der Waals surface area contributed by atoms with Crippen molar-refractivity contribution in [3.8, 4) is 0 Å². The summed E-state index contributed by atoms with van der Waals surface area (Å²) in [7, 11) is 0. The first-order chi connectivity index (χ1) is 16.1. The lowest BCUT2D eigenvalue weighted by Gasteiger charge is -2.18. The van der Waals surface area contributed by atoms with E-state index in [1.807, 2.05) is 0 Å². The number of allylic oxidation sites excluding steroid dienone is 1. The number of benzene rings is 2. The Hall–Kier alpha value is -1.06. The Bertz CT molecular complexity index is 1060. The molecule has 0 aliphatic rings. The first-order valence-electron chi connectivity index (χ1n) is 9.95. The molecule has 35 heavy (non-hydrogen) atoms. The first kappa shape index (κ1) is 30.2. The van der Waals surface area contributed by atoms with Gasteiger partial charge in [0.25, 0.3) is 0 Å². The van der Waals surface area contributed by atoms with E-state index in [9.17, 15) is 31.1 Å². The maximum atomic E-state index is 13.7. The Morgan fingerprint density at radius 2 is 1.57 bits per heavy atom. The number of carbonyl (C=O) groups is 1. The zero-order valence-electron chi connectivity index (χ0n) is 17.9. The van der Waals surface area contributed by atoms with Gasteiger partial charge >= 0.3 is 12.4 Å². The standard InChI is InChI=1S/C23H18Cl4F6OS/c1-12(10-35-11-22(28,29)30)6-20(34)15-4-2-13(7-17(15)24)3-5-16(23(31,32)33)14-8-18(25)21(27)19(26)9-14/h2-5,7-9,12,16H,6,10-11H2,1H3/b5-3+/t12-,16?/m0/s1. The predicted molar refractivity (Wildman–Crippen MR) is 132 cm³/mol. The van der Waals surface area contributed by atoms with Crippen molar-refractivity contribution >= 4 is 70.0 Å². The zero-order chi connectivity index (χ0) is 26.6. The van der Waals surface area contributed by atoms with E-state index in [1.54, 1.807) is 6.92 Å². The number of ketones is 1. The lowest BCUT2D eigenvalue weighted by Crippen LogP contribution is -2.19. The van der Waals surface area contributed by atoms with Crippen molar-refractivity contribution in [2.24, 2.45) is 5.92 Å². The van der Waals surface area contributed by atoms with Crippen LogP contribution in [0.25, 0.3) is 6.08 Å². The van der Waals surface area contributed by atoms with Gasteiger partial charge < -0.3 is 0 Å². The van der Waals surface area contributed by atoms with Crippen LogP contribution < -0.4 is 0 Å². The number of hydrogen-bond donors (Lipinski definition) is 0. The molecule has 192 valence electrons. The molecule has 0 fully saturated rings. The minimum atomic E-state index is -4.66. The van der Waals surface area contributed by atoms with Crippen LogP contribution in [-0.2, 0) is 0 Å². The number of hydrogen-bond acceptors (Lipinski definition) is 2. The molecule has 0 bridgehead atoms. The van der Waals surface area contributed by atoms with E-state index in [0.717, 1.165) is 18.2 Å². The molecule has 2 aromatic rings. The van der Waals surface area contributed by atoms with E-state index in [0.29, 0.717) is 17.3 Å². The van der Waals surface area contributed by atoms with Crippen molar-refractivity contribution in [1.82, 2.24) is 0 Å². The molecule has 12 heteroatoms. The second-order valence-electron chi connectivity index (χ2n) is 7.78. The lowest BCUT2D eigenvalue weighted by atomic mass is 9.96. The highest BCUT2D eigenvalue weighted by Crippen LogP contribution is 2.41. The molecule has 2 aromatic carbocycles. The largest absolute Gasteiger partial charge is 0.399 e. The molecule has 0 saturated heterocycles. The Morgan fingerprint density at radius 1 is 0.971 bits per heavy atom. The molecule has 2 rings (SSSR count). The summed E-state index contributed by atoms with van der Waals surface area (Å²) in [5.74, 6) is -3.59. The van der Waals surface area contributed by atoms with Crippen LogP contribution >= 0.6 is 58.2 Å². The smallest absolute Gasteiger partial charge is 0.294 e. The van der Waals surface area contributed by atoms with Crippen LogP contribution in [0.3, 0.4) is 0 Å². The summed E-state index contributed by atoms with van der Waals surface area (Å²) in [6.45, 7) is 1.65. The molecule has 2 atom stereocenters. The highest BCUT2D eigenvalue weighted by Gasteiger charge is 2.39. The second-order valence-corrected chi connectivity index (χ2v) is 10.4. The van der Waals surface area contributed by atoms with Crippen LogP contribution in [0.1, 0.15) is 40.7 Å². The maximum absolute atomic E-state index is 13.7. The number of halogens is 10. The van der Waals surface area contributed by atoms with Gasteiger partial charge in [0.05, 0.1) is 31.8 Å². The third-order valence-electron chi connectivity index (χ3n) is 4.69. The van der Waals surface area contributed by atoms with Crippen molar-refractivity contribution in [2.45, 2.75) is 31.6 Å². The second kappa shape index (κ2) is 12.5. The number of thioether (sulfide) groups is 1. The molecule has 0 N–H and O–H groups in total. The number of carbonyl (C=O) groups excluding carboxylic acids is 1. The van der Waals surface area contributed by atoms with Crippen LogP contribution in [0.15, 0.2) is 36.4 Å². The molecule has 1 nitrogen and oxygen atoms in total. The van der Waals surface area contributed by atoms with Crippen molar-refractivity contribution in [2.75, 3.05) is 11.5 Å². The molecule has 0 heterocycles. The third kappa shape index (κ3) is 9.39. The van der Waals surface area contributed by atoms with Gasteiger partial charge in [-0.3, -0.25) is 4.79 Å². The van der Waals surface area contributed by atoms with Gasteiger partial charge in [0.1, 0.15) is 0 Å². The summed E-state index contributed by atoms with van der Waals surface area (Å²) in [6.07, 6.45) is -6.85. The van der Waals surface area contributed by atoms with Gasteiger partial charge in [-0.1, -0.05) is 71.5 Å². The van der Waals surface area contributed by atoms with Gasteiger partial charge in [-0.2, -0.15) is 38.1 Å². The average Bonchev–Trinajstić information content (AvgIpc) is 2.70. The summed E-state index contributed by atoms with van der Waals surface area (Å²) in [6, 6.07) is 6.30. The van der Waals surface area contributed by atoms with E-state index in [1.165, 1.54) is 24.3 Å². The van der Waals surface area contributed by atoms with Gasteiger partial charge in [-0.15, -0.1) is 0 Å². The maximum Gasteiger partial charge on any atom is 0.399 e. The van der Waals surface area contributed by atoms with Gasteiger partial charge in [-0.05, 0) is 47.1 Å². The molecule has 0 aromatic heterocycles. The monoisotopic (exact) mass is 596 g/mol. The number of alkyl halides is 6. The highest BCUT2D eigenvalue weighted by atomic mass is 35.5. The predicted octanol–water partition coefficient (Wildman–Crippen LogP) is 10.2. The van der Waals surface area contributed by atoms with Crippen molar-refractivity contribution < 1.29 is 31.1 Å². The Balaban J connectivity index is 2.16. The minimum Gasteiger partial charge on any atom is -0.294 e. The number of rotatable bonds is 9. The normalized spacial score (nSPS) is 14.4. The van der Waals surface area contributed by atoms with Gasteiger partial charge in [0, 0.05) is 12.0 Å². The summed E-state index contributed by atoms with van der Waals surface area (Å²) in [5.41, 5.74) is 0.240. The molecule has 0 saturated carbocycles. The van der Waals surface area contributed by atoms with Crippen molar-refractivity contribution in [1.29, 1.82) is 0 Å². The molecular weight excluding hydrogens is 580 g/mol. The number of Topliss-reactive ketones (excluding diaryl/α,β-unsaturated/α-hetero) is 1. The van der Waals surface area contributed by atoms with E-state index < -0.39 is 24.0 Å². The Kier molecular flexibility index (Phi) is 10.7. The van der Waals surface area contributed by atoms with Gasteiger partial charge in [0.2, 0.25) is 0 Å². The fourth-order valence-electron chi connectivity index (χ4n) is 3.09. The van der Waals surface area contributed by atoms with Gasteiger partial charge in [-0.25, -0.2) is 0 Å². The topological polar surface area (TPSA) is 17.1 Å². The summed E-state index contributed by atoms with van der Waals surface area (Å²) < 4.78 is 77.9. The fraction of sp³-hybridized carbons (Fsp3) is 0.348. The molecule has 0 amide bonds. The summed E-state index contributed by atoms with van der Waals surface area (Å²) in [4.78, 5) is 12.5. The molecule has 1 unspecified atom stereocenters. The molecule has 0 radical (unpaired) electrons. The molecule has 0 spiro atoms. The molecular formula is C23H18Cl4F6OS. The quantitative estimate of drug-likeness (QED) is 0.162. The Labute approximate surface area is 222 Å². The molecule has 0 aliphatic heterocycles. The highest BCUT2D eigenvalue weighted by molar-refractivity contribution is 7.99. The van der Waals surface area contributed by atoms with Crippen LogP contribution in [-0.4, -0.2) is 29.6 Å². The lowest BCUT2D eigenvalue weighted by molar-refractivity contribution is -0.139. The SMILES string of the molecule is C[C@H](CSCC(F)(F)F)CC(=O)c1ccc(/C=C/C(c2cc(Cl)c(Cl)c(Cl)c2)C(F)(F)F)cc1Cl. The van der Waals surface area contributed by atoms with E-state index in [-0.39, 0.29) is 55.1 Å². The molecule has 0 aliphatic carbocycles. The minimum absolute atomic E-state index is 0.0198. The Morgan fingerprint density at radius 3 is 2.09 bits per heavy atom. The summed E-state index contributed by atoms with van der Waals surface area (Å²) >= 11 is 24.4. The van der Waals surface area contributed by atoms with Crippen molar-refractivity contribution in [3.63, 3.8) is 0 Å². The van der Waals surface area contributed by atoms with E-state index in [2.05, 4.69) is 0 Å². The van der Waals surface area contributed by atoms with E-state index in [4.69, 9.17) is 46.4 Å². The zero-order valence-corrected chi connectivity index (χ0v) is 21.8. The van der Waals surface area contributed by atoms with Crippen LogP contribution in [0.2, 0.25) is 20.1 Å². The van der Waals surface area contributed by atoms with Crippen LogP contribution in [0.4, 0.5) is 26.3 Å². The first-order valence-corrected chi connectivity index (χ1v) is 12.6. The van der Waals surface area contributed by atoms with Crippen molar-refractivity contribution in [3.05, 3.63) is 73.2 Å². The summed E-state index contributed by atoms with van der Waals surface area (Å²) in [5, 5.41) is -0.266. The van der Waals surface area contributed by atoms with Gasteiger partial charge in [0.15, 0.2) is 5.78 Å². The van der Waals surface area contributed by atoms with E-state index >= 15 is 0 Å². The van der Waals surface area contributed by atoms with Crippen LogP contribution in [0, 0.1) is 5.92 Å². The van der Waals surface area contributed by atoms with Crippen LogP contribution in [0.5, 0.6) is 0 Å².